The number of ether oxygens (including phenoxy) is 2. The molecule has 36 heavy (non-hydrogen) atoms. The van der Waals surface area contributed by atoms with Crippen LogP contribution in [0, 0.1) is 6.92 Å². The Labute approximate surface area is 206 Å². The quantitative estimate of drug-likeness (QED) is 0.560. The molecule has 0 spiro atoms. The van der Waals surface area contributed by atoms with E-state index < -0.39 is 23.4 Å². The summed E-state index contributed by atoms with van der Waals surface area (Å²) in [6.07, 6.45) is -0.0572. The van der Waals surface area contributed by atoms with Crippen LogP contribution in [0.3, 0.4) is 0 Å². The third-order valence-electron chi connectivity index (χ3n) is 7.32. The number of carbonyl (C=O) groups is 1. The SMILES string of the molecule is COC1(C(=O)N2Cc3c(NC(C)c4cccc(C(F)(F)F)c4C)nc4nccn4c3C2)CCOCC1. The van der Waals surface area contributed by atoms with Crippen molar-refractivity contribution in [3.05, 3.63) is 58.5 Å². The Hall–Kier alpha value is -3.18. The summed E-state index contributed by atoms with van der Waals surface area (Å²) in [6, 6.07) is 3.72. The second-order valence-corrected chi connectivity index (χ2v) is 9.34. The van der Waals surface area contributed by atoms with Crippen molar-refractivity contribution in [2.24, 2.45) is 0 Å². The Morgan fingerprint density at radius 1 is 1.25 bits per heavy atom. The molecule has 5 rings (SSSR count). The van der Waals surface area contributed by atoms with Gasteiger partial charge in [0.15, 0.2) is 5.60 Å². The highest BCUT2D eigenvalue weighted by Crippen LogP contribution is 2.37. The van der Waals surface area contributed by atoms with E-state index >= 15 is 0 Å². The molecule has 0 aliphatic carbocycles. The largest absolute Gasteiger partial charge is 0.416 e. The number of hydrogen-bond donors (Lipinski definition) is 1. The van der Waals surface area contributed by atoms with Gasteiger partial charge >= 0.3 is 6.18 Å². The minimum atomic E-state index is -4.43. The number of aromatic nitrogens is 3. The highest BCUT2D eigenvalue weighted by Gasteiger charge is 2.45. The van der Waals surface area contributed by atoms with Crippen molar-refractivity contribution in [1.29, 1.82) is 0 Å². The minimum Gasteiger partial charge on any atom is -0.381 e. The monoisotopic (exact) mass is 503 g/mol. The minimum absolute atomic E-state index is 0.106. The van der Waals surface area contributed by atoms with Crippen LogP contribution in [0.5, 0.6) is 0 Å². The van der Waals surface area contributed by atoms with Gasteiger partial charge in [0.1, 0.15) is 5.82 Å². The van der Waals surface area contributed by atoms with Gasteiger partial charge in [-0.05, 0) is 31.0 Å². The Bertz CT molecular complexity index is 1300. The van der Waals surface area contributed by atoms with Gasteiger partial charge in [0.2, 0.25) is 5.78 Å². The number of benzene rings is 1. The van der Waals surface area contributed by atoms with Crippen LogP contribution >= 0.6 is 0 Å². The summed E-state index contributed by atoms with van der Waals surface area (Å²) in [5, 5.41) is 3.30. The lowest BCUT2D eigenvalue weighted by Gasteiger charge is -2.37. The topological polar surface area (TPSA) is 81.0 Å². The molecule has 8 nitrogen and oxygen atoms in total. The van der Waals surface area contributed by atoms with Crippen LogP contribution in [0.25, 0.3) is 5.78 Å². The first kappa shape index (κ1) is 24.5. The third-order valence-corrected chi connectivity index (χ3v) is 7.32. The van der Waals surface area contributed by atoms with Crippen LogP contribution in [0.1, 0.15) is 53.8 Å². The van der Waals surface area contributed by atoms with Gasteiger partial charge in [0, 0.05) is 51.1 Å². The number of halogens is 3. The van der Waals surface area contributed by atoms with E-state index in [2.05, 4.69) is 15.3 Å². The van der Waals surface area contributed by atoms with Crippen molar-refractivity contribution < 1.29 is 27.4 Å². The highest BCUT2D eigenvalue weighted by molar-refractivity contribution is 5.86. The third kappa shape index (κ3) is 4.09. The summed E-state index contributed by atoms with van der Waals surface area (Å²) in [6.45, 7) is 4.83. The maximum absolute atomic E-state index is 13.6. The van der Waals surface area contributed by atoms with Crippen molar-refractivity contribution >= 4 is 17.5 Å². The number of alkyl halides is 3. The average Bonchev–Trinajstić information content (AvgIpc) is 3.50. The number of fused-ring (bicyclic) bond motifs is 3. The molecule has 0 radical (unpaired) electrons. The summed E-state index contributed by atoms with van der Waals surface area (Å²) < 4.78 is 53.4. The van der Waals surface area contributed by atoms with Gasteiger partial charge in [-0.3, -0.25) is 9.20 Å². The van der Waals surface area contributed by atoms with Crippen molar-refractivity contribution in [1.82, 2.24) is 19.3 Å². The number of hydrogen-bond acceptors (Lipinski definition) is 6. The zero-order valence-electron chi connectivity index (χ0n) is 20.4. The lowest BCUT2D eigenvalue weighted by molar-refractivity contribution is -0.167. The lowest BCUT2D eigenvalue weighted by Crippen LogP contribution is -2.51. The van der Waals surface area contributed by atoms with E-state index in [1.54, 1.807) is 37.4 Å². The Morgan fingerprint density at radius 3 is 2.69 bits per heavy atom. The number of nitrogens with zero attached hydrogens (tertiary/aromatic N) is 4. The number of nitrogens with one attached hydrogen (secondary N) is 1. The van der Waals surface area contributed by atoms with Crippen molar-refractivity contribution in [2.45, 2.75) is 57.6 Å². The maximum Gasteiger partial charge on any atom is 0.416 e. The van der Waals surface area contributed by atoms with Crippen LogP contribution in [0.4, 0.5) is 19.0 Å². The molecule has 0 saturated carbocycles. The van der Waals surface area contributed by atoms with Crippen LogP contribution < -0.4 is 5.32 Å². The van der Waals surface area contributed by atoms with Crippen LogP contribution in [-0.2, 0) is 33.5 Å². The number of amides is 1. The lowest BCUT2D eigenvalue weighted by atomic mass is 9.92. The Morgan fingerprint density at radius 2 is 2.00 bits per heavy atom. The highest BCUT2D eigenvalue weighted by atomic mass is 19.4. The van der Waals surface area contributed by atoms with Gasteiger partial charge in [-0.2, -0.15) is 18.2 Å². The molecule has 0 bridgehead atoms. The van der Waals surface area contributed by atoms with Gasteiger partial charge in [-0.1, -0.05) is 12.1 Å². The molecule has 3 aromatic rings. The zero-order chi connectivity index (χ0) is 25.7. The van der Waals surface area contributed by atoms with E-state index in [1.165, 1.54) is 13.0 Å². The molecular weight excluding hydrogens is 475 g/mol. The molecule has 1 unspecified atom stereocenters. The summed E-state index contributed by atoms with van der Waals surface area (Å²) >= 11 is 0. The molecule has 1 atom stereocenters. The standard InChI is InChI=1S/C25H28F3N5O3/c1-15-17(5-4-6-19(15)25(26,27)28)16(2)30-21-18-13-32(14-20(18)33-10-9-29-23(33)31-21)22(34)24(35-3)7-11-36-12-8-24/h4-6,9-10,16H,7-8,11-14H2,1-3H3,(H,29,30,31). The number of carbonyl (C=O) groups excluding carboxylic acids is 1. The smallest absolute Gasteiger partial charge is 0.381 e. The van der Waals surface area contributed by atoms with E-state index in [9.17, 15) is 18.0 Å². The fraction of sp³-hybridized carbons (Fsp3) is 0.480. The molecule has 11 heteroatoms. The number of rotatable bonds is 5. The molecule has 192 valence electrons. The first-order valence-corrected chi connectivity index (χ1v) is 11.8. The molecule has 1 fully saturated rings. The number of anilines is 1. The number of imidazole rings is 1. The van der Waals surface area contributed by atoms with Gasteiger partial charge in [0.25, 0.3) is 5.91 Å². The molecular formula is C25H28F3N5O3. The molecule has 2 aliphatic heterocycles. The predicted molar refractivity (Wildman–Crippen MR) is 125 cm³/mol. The second-order valence-electron chi connectivity index (χ2n) is 9.34. The maximum atomic E-state index is 13.6. The molecule has 1 saturated heterocycles. The Kier molecular flexibility index (Phi) is 6.16. The van der Waals surface area contributed by atoms with E-state index in [4.69, 9.17) is 9.47 Å². The van der Waals surface area contributed by atoms with E-state index in [0.29, 0.717) is 56.3 Å². The molecule has 1 aromatic carbocycles. The van der Waals surface area contributed by atoms with Crippen LogP contribution in [0.2, 0.25) is 0 Å². The van der Waals surface area contributed by atoms with Crippen molar-refractivity contribution in [3.63, 3.8) is 0 Å². The zero-order valence-corrected chi connectivity index (χ0v) is 20.4. The summed E-state index contributed by atoms with van der Waals surface area (Å²) in [5.41, 5.74) is 0.770. The van der Waals surface area contributed by atoms with E-state index in [1.807, 2.05) is 4.40 Å². The fourth-order valence-electron chi connectivity index (χ4n) is 5.27. The predicted octanol–water partition coefficient (Wildman–Crippen LogP) is 4.27. The molecule has 2 aliphatic rings. The summed E-state index contributed by atoms with van der Waals surface area (Å²) in [7, 11) is 1.55. The normalized spacial score (nSPS) is 18.3. The molecule has 1 amide bonds. The van der Waals surface area contributed by atoms with Gasteiger partial charge in [-0.25, -0.2) is 4.98 Å². The van der Waals surface area contributed by atoms with Crippen LogP contribution in [0.15, 0.2) is 30.6 Å². The summed E-state index contributed by atoms with van der Waals surface area (Å²) in [4.78, 5) is 24.3. The van der Waals surface area contributed by atoms with Crippen LogP contribution in [-0.4, -0.2) is 51.1 Å². The summed E-state index contributed by atoms with van der Waals surface area (Å²) in [5.74, 6) is 0.846. The first-order valence-electron chi connectivity index (χ1n) is 11.8. The Balaban J connectivity index is 1.48. The van der Waals surface area contributed by atoms with E-state index in [-0.39, 0.29) is 11.5 Å². The fourth-order valence-corrected chi connectivity index (χ4v) is 5.27. The molecule has 4 heterocycles. The molecule has 2 aromatic heterocycles. The van der Waals surface area contributed by atoms with Gasteiger partial charge < -0.3 is 19.7 Å². The number of methoxy groups -OCH3 is 1. The van der Waals surface area contributed by atoms with Crippen molar-refractivity contribution in [2.75, 3.05) is 25.6 Å². The van der Waals surface area contributed by atoms with Crippen molar-refractivity contribution in [3.8, 4) is 0 Å². The van der Waals surface area contributed by atoms with Gasteiger partial charge in [0.05, 0.1) is 30.4 Å². The first-order chi connectivity index (χ1) is 17.1. The average molecular weight is 504 g/mol. The van der Waals surface area contributed by atoms with Gasteiger partial charge in [-0.15, -0.1) is 0 Å². The second kappa shape index (κ2) is 9.04. The molecule has 1 N–H and O–H groups in total. The van der Waals surface area contributed by atoms with E-state index in [0.717, 1.165) is 17.3 Å².